The maximum Gasteiger partial charge on any atom is 0.235 e. The van der Waals surface area contributed by atoms with Crippen LogP contribution in [-0.2, 0) is 0 Å². The average molecular weight is 523 g/mol. The molecule has 0 saturated carbocycles. The van der Waals surface area contributed by atoms with E-state index in [1.807, 2.05) is 48.5 Å². The zero-order valence-corrected chi connectivity index (χ0v) is 22.0. The summed E-state index contributed by atoms with van der Waals surface area (Å²) in [5, 5.41) is 13.9. The van der Waals surface area contributed by atoms with Crippen LogP contribution in [0.4, 0.5) is 0 Å². The summed E-state index contributed by atoms with van der Waals surface area (Å²) < 4.78 is 2.16. The van der Waals surface area contributed by atoms with Crippen molar-refractivity contribution in [3.8, 4) is 39.7 Å². The lowest BCUT2D eigenvalue weighted by Gasteiger charge is -2.18. The molecule has 2 heterocycles. The molecule has 4 nitrogen and oxygen atoms in total. The molecule has 190 valence electrons. The molecule has 41 heavy (non-hydrogen) atoms. The molecule has 0 bridgehead atoms. The fourth-order valence-corrected chi connectivity index (χ4v) is 6.04. The Hall–Kier alpha value is -5.79. The van der Waals surface area contributed by atoms with Crippen LogP contribution in [0.3, 0.4) is 0 Å². The van der Waals surface area contributed by atoms with Crippen molar-refractivity contribution in [1.29, 1.82) is 5.26 Å². The van der Waals surface area contributed by atoms with Gasteiger partial charge in [0, 0.05) is 5.56 Å². The molecule has 0 N–H and O–H groups in total. The van der Waals surface area contributed by atoms with Gasteiger partial charge in [-0.15, -0.1) is 0 Å². The predicted octanol–water partition coefficient (Wildman–Crippen LogP) is 9.06. The highest BCUT2D eigenvalue weighted by molar-refractivity contribution is 6.21. The van der Waals surface area contributed by atoms with E-state index in [0.717, 1.165) is 66.2 Å². The van der Waals surface area contributed by atoms with Gasteiger partial charge in [-0.2, -0.15) is 5.26 Å². The number of hydrogen-bond donors (Lipinski definition) is 0. The second-order valence-corrected chi connectivity index (χ2v) is 10.2. The number of nitriles is 1. The van der Waals surface area contributed by atoms with Crippen molar-refractivity contribution in [2.45, 2.75) is 0 Å². The highest BCUT2D eigenvalue weighted by Crippen LogP contribution is 2.44. The van der Waals surface area contributed by atoms with Gasteiger partial charge in [-0.3, -0.25) is 4.40 Å². The van der Waals surface area contributed by atoms with Crippen molar-refractivity contribution in [2.24, 2.45) is 0 Å². The number of fused-ring (bicyclic) bond motifs is 5. The number of rotatable bonds is 3. The van der Waals surface area contributed by atoms with Gasteiger partial charge in [0.05, 0.1) is 34.1 Å². The third-order valence-electron chi connectivity index (χ3n) is 7.84. The van der Waals surface area contributed by atoms with Crippen LogP contribution in [0.15, 0.2) is 133 Å². The fraction of sp³-hybridized carbons (Fsp3) is 0. The SMILES string of the molecule is N#Cc1ccc(-c2c3ccccc3c(-c3cc(-c4ccccc4)n4c(n3)nc3ccccc34)c3ccccc23)cc1. The van der Waals surface area contributed by atoms with Crippen LogP contribution in [0.1, 0.15) is 5.56 Å². The van der Waals surface area contributed by atoms with Gasteiger partial charge in [0.25, 0.3) is 0 Å². The van der Waals surface area contributed by atoms with Crippen LogP contribution in [0.5, 0.6) is 0 Å². The zero-order chi connectivity index (χ0) is 27.3. The smallest absolute Gasteiger partial charge is 0.235 e. The number of benzene rings is 6. The second-order valence-electron chi connectivity index (χ2n) is 10.2. The summed E-state index contributed by atoms with van der Waals surface area (Å²) in [5.41, 5.74) is 8.95. The van der Waals surface area contributed by atoms with Crippen LogP contribution in [0, 0.1) is 11.3 Å². The van der Waals surface area contributed by atoms with E-state index >= 15 is 0 Å². The van der Waals surface area contributed by atoms with Crippen molar-refractivity contribution >= 4 is 38.4 Å². The van der Waals surface area contributed by atoms with Gasteiger partial charge in [0.1, 0.15) is 0 Å². The molecular weight excluding hydrogens is 500 g/mol. The molecule has 0 aliphatic rings. The molecule has 6 aromatic carbocycles. The Balaban J connectivity index is 1.51. The van der Waals surface area contributed by atoms with Crippen LogP contribution in [-0.4, -0.2) is 14.4 Å². The van der Waals surface area contributed by atoms with E-state index < -0.39 is 0 Å². The van der Waals surface area contributed by atoms with Gasteiger partial charge in [0.15, 0.2) is 0 Å². The van der Waals surface area contributed by atoms with Crippen LogP contribution in [0.25, 0.3) is 72.0 Å². The topological polar surface area (TPSA) is 54.0 Å². The highest BCUT2D eigenvalue weighted by atomic mass is 15.1. The van der Waals surface area contributed by atoms with E-state index in [4.69, 9.17) is 9.97 Å². The van der Waals surface area contributed by atoms with Crippen molar-refractivity contribution in [1.82, 2.24) is 14.4 Å². The van der Waals surface area contributed by atoms with E-state index in [-0.39, 0.29) is 0 Å². The third kappa shape index (κ3) is 3.61. The van der Waals surface area contributed by atoms with Gasteiger partial charge in [0.2, 0.25) is 5.78 Å². The van der Waals surface area contributed by atoms with Crippen molar-refractivity contribution in [2.75, 3.05) is 0 Å². The molecule has 8 aromatic rings. The maximum atomic E-state index is 9.37. The molecule has 2 aromatic heterocycles. The molecule has 8 rings (SSSR count). The molecule has 0 atom stereocenters. The molecule has 0 unspecified atom stereocenters. The number of nitrogens with zero attached hydrogens (tertiary/aromatic N) is 4. The van der Waals surface area contributed by atoms with Crippen molar-refractivity contribution in [3.05, 3.63) is 139 Å². The maximum absolute atomic E-state index is 9.37. The standard InChI is InChI=1S/C37H22N4/c38-23-24-18-20-26(21-19-24)35-27-12-4-6-14-29(27)36(30-15-7-5-13-28(30)35)32-22-34(25-10-2-1-3-11-25)41-33-17-9-8-16-31(33)39-37(41)40-32/h1-22H. The number of para-hydroxylation sites is 2. The Labute approximate surface area is 236 Å². The summed E-state index contributed by atoms with van der Waals surface area (Å²) in [7, 11) is 0. The summed E-state index contributed by atoms with van der Waals surface area (Å²) in [5.74, 6) is 0.673. The Morgan fingerprint density at radius 1 is 0.537 bits per heavy atom. The van der Waals surface area contributed by atoms with E-state index in [9.17, 15) is 5.26 Å². The summed E-state index contributed by atoms with van der Waals surface area (Å²) in [6.07, 6.45) is 0. The number of imidazole rings is 1. The first-order chi connectivity index (χ1) is 20.3. The minimum Gasteiger partial charge on any atom is -0.276 e. The monoisotopic (exact) mass is 522 g/mol. The van der Waals surface area contributed by atoms with Gasteiger partial charge in [-0.05, 0) is 68.6 Å². The second kappa shape index (κ2) is 9.15. The molecule has 0 aliphatic heterocycles. The molecular formula is C37H22N4. The van der Waals surface area contributed by atoms with Gasteiger partial charge < -0.3 is 0 Å². The van der Waals surface area contributed by atoms with Crippen molar-refractivity contribution < 1.29 is 0 Å². The van der Waals surface area contributed by atoms with Crippen LogP contribution < -0.4 is 0 Å². The summed E-state index contributed by atoms with van der Waals surface area (Å²) in [6, 6.07) is 48.0. The lowest BCUT2D eigenvalue weighted by atomic mass is 9.87. The Kier molecular flexibility index (Phi) is 5.16. The van der Waals surface area contributed by atoms with E-state index in [0.29, 0.717) is 11.3 Å². The van der Waals surface area contributed by atoms with Crippen LogP contribution >= 0.6 is 0 Å². The normalized spacial score (nSPS) is 11.4. The van der Waals surface area contributed by atoms with Gasteiger partial charge in [-0.25, -0.2) is 9.97 Å². The molecule has 0 fully saturated rings. The fourth-order valence-electron chi connectivity index (χ4n) is 6.04. The Morgan fingerprint density at radius 2 is 1.12 bits per heavy atom. The molecule has 0 saturated heterocycles. The zero-order valence-electron chi connectivity index (χ0n) is 22.0. The lowest BCUT2D eigenvalue weighted by Crippen LogP contribution is -1.99. The highest BCUT2D eigenvalue weighted by Gasteiger charge is 2.20. The summed E-state index contributed by atoms with van der Waals surface area (Å²) >= 11 is 0. The van der Waals surface area contributed by atoms with Crippen molar-refractivity contribution in [3.63, 3.8) is 0 Å². The first kappa shape index (κ1) is 23.1. The number of hydrogen-bond acceptors (Lipinski definition) is 3. The molecule has 4 heteroatoms. The van der Waals surface area contributed by atoms with E-state index in [2.05, 4.69) is 95.4 Å². The van der Waals surface area contributed by atoms with E-state index in [1.54, 1.807) is 0 Å². The molecule has 0 aliphatic carbocycles. The quantitative estimate of drug-likeness (QED) is 0.218. The predicted molar refractivity (Wildman–Crippen MR) is 167 cm³/mol. The molecule has 0 amide bonds. The summed E-state index contributed by atoms with van der Waals surface area (Å²) in [4.78, 5) is 10.2. The first-order valence-corrected chi connectivity index (χ1v) is 13.6. The Morgan fingerprint density at radius 3 is 1.78 bits per heavy atom. The van der Waals surface area contributed by atoms with Gasteiger partial charge >= 0.3 is 0 Å². The average Bonchev–Trinajstić information content (AvgIpc) is 3.42. The number of aromatic nitrogens is 3. The minimum absolute atomic E-state index is 0.650. The van der Waals surface area contributed by atoms with Crippen LogP contribution in [0.2, 0.25) is 0 Å². The molecule has 0 radical (unpaired) electrons. The lowest BCUT2D eigenvalue weighted by molar-refractivity contribution is 1.15. The Bertz CT molecular complexity index is 2250. The minimum atomic E-state index is 0.650. The summed E-state index contributed by atoms with van der Waals surface area (Å²) in [6.45, 7) is 0. The largest absolute Gasteiger partial charge is 0.276 e. The van der Waals surface area contributed by atoms with E-state index in [1.165, 1.54) is 0 Å². The first-order valence-electron chi connectivity index (χ1n) is 13.6. The van der Waals surface area contributed by atoms with Gasteiger partial charge in [-0.1, -0.05) is 103 Å². The molecule has 0 spiro atoms. The third-order valence-corrected chi connectivity index (χ3v) is 7.84.